The molecule has 0 aliphatic heterocycles. The van der Waals surface area contributed by atoms with Crippen LogP contribution in [0.25, 0.3) is 10.6 Å². The van der Waals surface area contributed by atoms with Crippen LogP contribution in [-0.2, 0) is 0 Å². The second-order valence-electron chi connectivity index (χ2n) is 2.00. The van der Waals surface area contributed by atoms with E-state index in [1.807, 2.05) is 12.1 Å². The van der Waals surface area contributed by atoms with Crippen LogP contribution in [0.15, 0.2) is 33.3 Å². The Bertz CT molecular complexity index is 339. The molecule has 0 aliphatic rings. The molecule has 0 aromatic carbocycles. The zero-order valence-electron chi connectivity index (χ0n) is 5.52. The summed E-state index contributed by atoms with van der Waals surface area (Å²) in [5, 5.41) is 0. The third-order valence-corrected chi connectivity index (χ3v) is 2.59. The maximum absolute atomic E-state index is 5.10. The standard InChI is InChI=1S/C7H5NOS2/c10-7-2-1-6(11-7)5-3-8-4-9-5/h1-4,10H. The van der Waals surface area contributed by atoms with Crippen LogP contribution in [0.2, 0.25) is 0 Å². The molecule has 56 valence electrons. The van der Waals surface area contributed by atoms with Crippen molar-refractivity contribution in [3.05, 3.63) is 24.7 Å². The lowest BCUT2D eigenvalue weighted by atomic mass is 10.4. The van der Waals surface area contributed by atoms with Crippen LogP contribution in [0.5, 0.6) is 0 Å². The highest BCUT2D eigenvalue weighted by Gasteiger charge is 2.02. The van der Waals surface area contributed by atoms with Gasteiger partial charge in [0.2, 0.25) is 0 Å². The van der Waals surface area contributed by atoms with Crippen molar-refractivity contribution in [1.29, 1.82) is 0 Å². The van der Waals surface area contributed by atoms with Crippen molar-refractivity contribution in [3.8, 4) is 10.6 Å². The van der Waals surface area contributed by atoms with Gasteiger partial charge in [0.25, 0.3) is 0 Å². The van der Waals surface area contributed by atoms with Crippen LogP contribution in [0.4, 0.5) is 0 Å². The Kier molecular flexibility index (Phi) is 1.71. The zero-order valence-corrected chi connectivity index (χ0v) is 7.23. The SMILES string of the molecule is Sc1ccc(-c2cnco2)s1. The van der Waals surface area contributed by atoms with Gasteiger partial charge in [-0.15, -0.1) is 24.0 Å². The average molecular weight is 183 g/mol. The summed E-state index contributed by atoms with van der Waals surface area (Å²) in [6, 6.07) is 3.90. The molecule has 2 rings (SSSR count). The Morgan fingerprint density at radius 3 is 2.91 bits per heavy atom. The minimum absolute atomic E-state index is 0.801. The third-order valence-electron chi connectivity index (χ3n) is 1.27. The quantitative estimate of drug-likeness (QED) is 0.688. The van der Waals surface area contributed by atoms with Gasteiger partial charge in [-0.25, -0.2) is 4.98 Å². The van der Waals surface area contributed by atoms with Crippen LogP contribution in [-0.4, -0.2) is 4.98 Å². The number of rotatable bonds is 1. The summed E-state index contributed by atoms with van der Waals surface area (Å²) in [5.41, 5.74) is 0. The van der Waals surface area contributed by atoms with Crippen LogP contribution in [0, 0.1) is 0 Å². The van der Waals surface area contributed by atoms with Gasteiger partial charge in [-0.1, -0.05) is 0 Å². The van der Waals surface area contributed by atoms with E-state index in [9.17, 15) is 0 Å². The van der Waals surface area contributed by atoms with Crippen molar-refractivity contribution >= 4 is 24.0 Å². The van der Waals surface area contributed by atoms with E-state index in [4.69, 9.17) is 4.42 Å². The third kappa shape index (κ3) is 1.32. The van der Waals surface area contributed by atoms with E-state index in [1.54, 1.807) is 17.5 Å². The van der Waals surface area contributed by atoms with E-state index in [1.165, 1.54) is 6.39 Å². The molecule has 2 aromatic rings. The normalized spacial score (nSPS) is 10.3. The number of thiophene rings is 1. The van der Waals surface area contributed by atoms with Crippen molar-refractivity contribution in [2.75, 3.05) is 0 Å². The molecule has 0 atom stereocenters. The molecule has 0 amide bonds. The van der Waals surface area contributed by atoms with E-state index in [0.29, 0.717) is 0 Å². The Hall–Kier alpha value is -0.740. The second kappa shape index (κ2) is 2.71. The molecular weight excluding hydrogens is 178 g/mol. The second-order valence-corrected chi connectivity index (χ2v) is 3.87. The molecule has 2 aromatic heterocycles. The molecule has 0 fully saturated rings. The summed E-state index contributed by atoms with van der Waals surface area (Å²) in [7, 11) is 0. The highest BCUT2D eigenvalue weighted by atomic mass is 32.2. The van der Waals surface area contributed by atoms with Gasteiger partial charge in [0.15, 0.2) is 12.2 Å². The van der Waals surface area contributed by atoms with Gasteiger partial charge in [0, 0.05) is 0 Å². The Morgan fingerprint density at radius 2 is 2.36 bits per heavy atom. The molecule has 0 unspecified atom stereocenters. The lowest BCUT2D eigenvalue weighted by Gasteiger charge is -1.84. The van der Waals surface area contributed by atoms with Crippen molar-refractivity contribution in [1.82, 2.24) is 4.98 Å². The Morgan fingerprint density at radius 1 is 1.45 bits per heavy atom. The molecule has 0 aliphatic carbocycles. The van der Waals surface area contributed by atoms with E-state index in [-0.39, 0.29) is 0 Å². The summed E-state index contributed by atoms with van der Waals surface area (Å²) in [5.74, 6) is 0.801. The molecular formula is C7H5NOS2. The number of hydrogen-bond acceptors (Lipinski definition) is 4. The Balaban J connectivity index is 2.45. The van der Waals surface area contributed by atoms with Gasteiger partial charge in [-0.05, 0) is 12.1 Å². The molecule has 0 saturated heterocycles. The van der Waals surface area contributed by atoms with Gasteiger partial charge in [-0.2, -0.15) is 0 Å². The first-order valence-electron chi connectivity index (χ1n) is 3.04. The first-order chi connectivity index (χ1) is 5.36. The predicted molar refractivity (Wildman–Crippen MR) is 47.1 cm³/mol. The smallest absolute Gasteiger partial charge is 0.181 e. The molecule has 0 saturated carbocycles. The lowest BCUT2D eigenvalue weighted by Crippen LogP contribution is -1.59. The minimum Gasteiger partial charge on any atom is -0.443 e. The van der Waals surface area contributed by atoms with Crippen LogP contribution < -0.4 is 0 Å². The highest BCUT2D eigenvalue weighted by molar-refractivity contribution is 7.83. The van der Waals surface area contributed by atoms with Gasteiger partial charge in [0.1, 0.15) is 0 Å². The average Bonchev–Trinajstić information content (AvgIpc) is 2.55. The van der Waals surface area contributed by atoms with Crippen LogP contribution in [0.1, 0.15) is 0 Å². The predicted octanol–water partition coefficient (Wildman–Crippen LogP) is 2.69. The largest absolute Gasteiger partial charge is 0.443 e. The summed E-state index contributed by atoms with van der Waals surface area (Å²) in [4.78, 5) is 4.89. The number of hydrogen-bond donors (Lipinski definition) is 1. The molecule has 2 heterocycles. The maximum atomic E-state index is 5.10. The van der Waals surface area contributed by atoms with Gasteiger partial charge in [-0.3, -0.25) is 0 Å². The molecule has 0 radical (unpaired) electrons. The molecule has 0 bridgehead atoms. The van der Waals surface area contributed by atoms with Crippen molar-refractivity contribution in [2.24, 2.45) is 0 Å². The van der Waals surface area contributed by atoms with Gasteiger partial charge >= 0.3 is 0 Å². The maximum Gasteiger partial charge on any atom is 0.181 e. The summed E-state index contributed by atoms with van der Waals surface area (Å²) in [6.07, 6.45) is 3.12. The minimum atomic E-state index is 0.801. The van der Waals surface area contributed by atoms with Crippen molar-refractivity contribution in [2.45, 2.75) is 4.21 Å². The molecule has 2 nitrogen and oxygen atoms in total. The monoisotopic (exact) mass is 183 g/mol. The van der Waals surface area contributed by atoms with E-state index < -0.39 is 0 Å². The molecule has 11 heavy (non-hydrogen) atoms. The molecule has 4 heteroatoms. The fraction of sp³-hybridized carbons (Fsp3) is 0. The topological polar surface area (TPSA) is 26.0 Å². The number of aromatic nitrogens is 1. The number of nitrogens with zero attached hydrogens (tertiary/aromatic N) is 1. The first kappa shape index (κ1) is 6.94. The highest BCUT2D eigenvalue weighted by Crippen LogP contribution is 2.29. The van der Waals surface area contributed by atoms with E-state index in [0.717, 1.165) is 14.8 Å². The number of oxazole rings is 1. The summed E-state index contributed by atoms with van der Waals surface area (Å²) >= 11 is 5.77. The van der Waals surface area contributed by atoms with Crippen LogP contribution >= 0.6 is 24.0 Å². The van der Waals surface area contributed by atoms with Crippen molar-refractivity contribution < 1.29 is 4.42 Å². The van der Waals surface area contributed by atoms with Crippen molar-refractivity contribution in [3.63, 3.8) is 0 Å². The molecule has 0 N–H and O–H groups in total. The van der Waals surface area contributed by atoms with Gasteiger partial charge < -0.3 is 4.42 Å². The van der Waals surface area contributed by atoms with E-state index in [2.05, 4.69) is 17.6 Å². The summed E-state index contributed by atoms with van der Waals surface area (Å²) in [6.45, 7) is 0. The fourth-order valence-electron chi connectivity index (χ4n) is 0.798. The first-order valence-corrected chi connectivity index (χ1v) is 4.30. The Labute approximate surface area is 73.3 Å². The van der Waals surface area contributed by atoms with Gasteiger partial charge in [0.05, 0.1) is 15.3 Å². The number of thiol groups is 1. The fourth-order valence-corrected chi connectivity index (χ4v) is 1.87. The van der Waals surface area contributed by atoms with Crippen LogP contribution in [0.3, 0.4) is 0 Å². The molecule has 0 spiro atoms. The summed E-state index contributed by atoms with van der Waals surface area (Å²) < 4.78 is 6.08. The lowest BCUT2D eigenvalue weighted by molar-refractivity contribution is 0.573. The zero-order chi connectivity index (χ0) is 7.68. The van der Waals surface area contributed by atoms with E-state index >= 15 is 0 Å².